The first-order chi connectivity index (χ1) is 14.5. The molecule has 3 aromatic rings. The first-order valence-corrected chi connectivity index (χ1v) is 9.54. The van der Waals surface area contributed by atoms with Crippen molar-refractivity contribution < 1.29 is 23.8 Å². The molecule has 0 fully saturated rings. The van der Waals surface area contributed by atoms with Crippen molar-refractivity contribution >= 4 is 17.7 Å². The van der Waals surface area contributed by atoms with Crippen molar-refractivity contribution in [2.24, 2.45) is 0 Å². The van der Waals surface area contributed by atoms with Crippen LogP contribution in [0.15, 0.2) is 60.8 Å². The van der Waals surface area contributed by atoms with E-state index in [0.717, 1.165) is 15.7 Å². The molecular formula is C23H24N2O5. The highest BCUT2D eigenvalue weighted by atomic mass is 16.6. The van der Waals surface area contributed by atoms with Crippen molar-refractivity contribution in [3.8, 4) is 5.75 Å². The first kappa shape index (κ1) is 21.0. The summed E-state index contributed by atoms with van der Waals surface area (Å²) in [7, 11) is 1.23. The number of nitrogen functional groups attached to an aromatic ring is 1. The number of anilines is 1. The van der Waals surface area contributed by atoms with Crippen LogP contribution >= 0.6 is 0 Å². The summed E-state index contributed by atoms with van der Waals surface area (Å²) < 4.78 is 16.8. The van der Waals surface area contributed by atoms with Crippen molar-refractivity contribution in [2.75, 3.05) is 19.5 Å². The van der Waals surface area contributed by atoms with E-state index in [1.54, 1.807) is 6.92 Å². The molecule has 0 aliphatic rings. The molecule has 0 aliphatic carbocycles. The van der Waals surface area contributed by atoms with E-state index < -0.39 is 12.1 Å². The third kappa shape index (κ3) is 4.81. The minimum atomic E-state index is -0.702. The summed E-state index contributed by atoms with van der Waals surface area (Å²) in [4.78, 5) is 24.4. The number of ether oxygens (including phenoxy) is 3. The highest BCUT2D eigenvalue weighted by molar-refractivity contribution is 5.98. The molecule has 156 valence electrons. The summed E-state index contributed by atoms with van der Waals surface area (Å²) in [6, 6.07) is 17.5. The van der Waals surface area contributed by atoms with Gasteiger partial charge < -0.3 is 19.9 Å². The van der Waals surface area contributed by atoms with Gasteiger partial charge >= 0.3 is 12.1 Å². The molecule has 3 rings (SSSR count). The second-order valence-electron chi connectivity index (χ2n) is 6.58. The molecule has 0 spiro atoms. The van der Waals surface area contributed by atoms with E-state index in [-0.39, 0.29) is 18.0 Å². The van der Waals surface area contributed by atoms with Crippen LogP contribution in [0.1, 0.15) is 34.1 Å². The number of nitrogens with two attached hydrogens (primary N) is 1. The van der Waals surface area contributed by atoms with Crippen molar-refractivity contribution in [2.45, 2.75) is 20.0 Å². The van der Waals surface area contributed by atoms with Gasteiger partial charge in [0.05, 0.1) is 19.4 Å². The largest absolute Gasteiger partial charge is 0.489 e. The molecule has 0 aliphatic heterocycles. The smallest absolute Gasteiger partial charge is 0.418 e. The summed E-state index contributed by atoms with van der Waals surface area (Å²) in [5, 5.41) is 0. The Morgan fingerprint density at radius 3 is 2.47 bits per heavy atom. The van der Waals surface area contributed by atoms with Gasteiger partial charge in [-0.3, -0.25) is 0 Å². The molecular weight excluding hydrogens is 384 g/mol. The van der Waals surface area contributed by atoms with Crippen LogP contribution in [-0.4, -0.2) is 30.3 Å². The van der Waals surface area contributed by atoms with E-state index in [9.17, 15) is 9.59 Å². The maximum atomic E-state index is 12.2. The molecule has 2 N–H and O–H groups in total. The van der Waals surface area contributed by atoms with Crippen LogP contribution in [-0.2, 0) is 22.5 Å². The summed E-state index contributed by atoms with van der Waals surface area (Å²) in [5.74, 6) is 0.0136. The second kappa shape index (κ2) is 9.65. The number of benzene rings is 2. The maximum Gasteiger partial charge on any atom is 0.418 e. The second-order valence-corrected chi connectivity index (χ2v) is 6.58. The molecule has 0 unspecified atom stereocenters. The van der Waals surface area contributed by atoms with E-state index in [4.69, 9.17) is 19.9 Å². The standard InChI is InChI=1S/C23H24N2O5/c1-3-29-23(27)25-14-18(20(24)21(25)22(26)28-2)12-17-10-7-11-19(13-17)30-15-16-8-5-4-6-9-16/h4-11,13-14H,3,12,15,24H2,1-2H3. The molecule has 7 nitrogen and oxygen atoms in total. The number of carbonyl (C=O) groups excluding carboxylic acids is 2. The van der Waals surface area contributed by atoms with Gasteiger partial charge in [-0.2, -0.15) is 0 Å². The third-order valence-corrected chi connectivity index (χ3v) is 4.51. The zero-order valence-electron chi connectivity index (χ0n) is 17.0. The van der Waals surface area contributed by atoms with Gasteiger partial charge in [-0.15, -0.1) is 0 Å². The number of methoxy groups -OCH3 is 1. The van der Waals surface area contributed by atoms with Crippen LogP contribution < -0.4 is 10.5 Å². The Hall–Kier alpha value is -3.74. The Bertz CT molecular complexity index is 1030. The minimum absolute atomic E-state index is 0.0394. The number of esters is 1. The van der Waals surface area contributed by atoms with Gasteiger partial charge in [-0.1, -0.05) is 42.5 Å². The summed E-state index contributed by atoms with van der Waals surface area (Å²) in [6.45, 7) is 2.32. The van der Waals surface area contributed by atoms with Crippen LogP contribution in [0.25, 0.3) is 0 Å². The van der Waals surface area contributed by atoms with E-state index in [1.807, 2.05) is 54.6 Å². The number of hydrogen-bond acceptors (Lipinski definition) is 6. The van der Waals surface area contributed by atoms with Crippen LogP contribution in [0.4, 0.5) is 10.5 Å². The third-order valence-electron chi connectivity index (χ3n) is 4.51. The molecule has 0 saturated carbocycles. The van der Waals surface area contributed by atoms with Crippen molar-refractivity contribution in [3.05, 3.63) is 83.2 Å². The summed E-state index contributed by atoms with van der Waals surface area (Å²) in [5.41, 5.74) is 8.93. The highest BCUT2D eigenvalue weighted by Crippen LogP contribution is 2.26. The average molecular weight is 408 g/mol. The number of carbonyl (C=O) groups is 2. The Morgan fingerprint density at radius 2 is 1.77 bits per heavy atom. The fraction of sp³-hybridized carbons (Fsp3) is 0.217. The van der Waals surface area contributed by atoms with Crippen LogP contribution in [0.3, 0.4) is 0 Å². The Morgan fingerprint density at radius 1 is 1.03 bits per heavy atom. The number of rotatable bonds is 7. The van der Waals surface area contributed by atoms with Gasteiger partial charge in [-0.25, -0.2) is 14.2 Å². The fourth-order valence-corrected chi connectivity index (χ4v) is 3.06. The van der Waals surface area contributed by atoms with Gasteiger partial charge in [0.2, 0.25) is 0 Å². The quantitative estimate of drug-likeness (QED) is 0.594. The van der Waals surface area contributed by atoms with E-state index in [0.29, 0.717) is 24.3 Å². The van der Waals surface area contributed by atoms with Gasteiger partial charge in [0.15, 0.2) is 5.69 Å². The lowest BCUT2D eigenvalue weighted by Crippen LogP contribution is -2.19. The topological polar surface area (TPSA) is 92.8 Å². The van der Waals surface area contributed by atoms with Crippen LogP contribution in [0, 0.1) is 0 Å². The predicted octanol–water partition coefficient (Wildman–Crippen LogP) is 4.03. The van der Waals surface area contributed by atoms with Gasteiger partial charge in [-0.05, 0) is 35.7 Å². The molecule has 1 heterocycles. The van der Waals surface area contributed by atoms with Gasteiger partial charge in [0.25, 0.3) is 0 Å². The zero-order valence-corrected chi connectivity index (χ0v) is 17.0. The Labute approximate surface area is 175 Å². The summed E-state index contributed by atoms with van der Waals surface area (Å²) >= 11 is 0. The number of aromatic nitrogens is 1. The SMILES string of the molecule is CCOC(=O)n1cc(Cc2cccc(OCc3ccccc3)c2)c(N)c1C(=O)OC. The van der Waals surface area contributed by atoms with Crippen molar-refractivity contribution in [1.82, 2.24) is 4.57 Å². The monoisotopic (exact) mass is 408 g/mol. The lowest BCUT2D eigenvalue weighted by atomic mass is 10.1. The molecule has 0 bridgehead atoms. The molecule has 1 aromatic heterocycles. The molecule has 30 heavy (non-hydrogen) atoms. The van der Waals surface area contributed by atoms with Crippen LogP contribution in [0.5, 0.6) is 5.75 Å². The predicted molar refractivity (Wildman–Crippen MR) is 113 cm³/mol. The Balaban J connectivity index is 1.82. The first-order valence-electron chi connectivity index (χ1n) is 9.54. The van der Waals surface area contributed by atoms with E-state index in [1.165, 1.54) is 13.3 Å². The van der Waals surface area contributed by atoms with Gasteiger partial charge in [0, 0.05) is 12.6 Å². The maximum absolute atomic E-state index is 12.2. The lowest BCUT2D eigenvalue weighted by Gasteiger charge is -2.08. The van der Waals surface area contributed by atoms with Gasteiger partial charge in [0.1, 0.15) is 12.4 Å². The average Bonchev–Trinajstić information content (AvgIpc) is 3.09. The lowest BCUT2D eigenvalue weighted by molar-refractivity contribution is 0.0587. The van der Waals surface area contributed by atoms with Crippen molar-refractivity contribution in [3.63, 3.8) is 0 Å². The molecule has 0 saturated heterocycles. The Kier molecular flexibility index (Phi) is 6.75. The highest BCUT2D eigenvalue weighted by Gasteiger charge is 2.25. The number of nitrogens with zero attached hydrogens (tertiary/aromatic N) is 1. The van der Waals surface area contributed by atoms with E-state index >= 15 is 0 Å². The zero-order chi connectivity index (χ0) is 21.5. The molecule has 7 heteroatoms. The molecule has 0 amide bonds. The number of hydrogen-bond donors (Lipinski definition) is 1. The summed E-state index contributed by atoms with van der Waals surface area (Å²) in [6.07, 6.45) is 1.23. The minimum Gasteiger partial charge on any atom is -0.489 e. The van der Waals surface area contributed by atoms with E-state index in [2.05, 4.69) is 0 Å². The van der Waals surface area contributed by atoms with Crippen molar-refractivity contribution in [1.29, 1.82) is 0 Å². The molecule has 0 radical (unpaired) electrons. The molecule has 0 atom stereocenters. The van der Waals surface area contributed by atoms with Crippen LogP contribution in [0.2, 0.25) is 0 Å². The molecule has 2 aromatic carbocycles. The normalized spacial score (nSPS) is 10.5. The fourth-order valence-electron chi connectivity index (χ4n) is 3.06.